The second kappa shape index (κ2) is 7.37. The maximum atomic E-state index is 14.6. The fourth-order valence-electron chi connectivity index (χ4n) is 4.99. The van der Waals surface area contributed by atoms with Gasteiger partial charge in [0.25, 0.3) is 0 Å². The van der Waals surface area contributed by atoms with Gasteiger partial charge in [-0.2, -0.15) is 0 Å². The molecule has 32 heavy (non-hydrogen) atoms. The Balaban J connectivity index is 1.73. The molecule has 0 spiro atoms. The number of benzene rings is 3. The third-order valence-electron chi connectivity index (χ3n) is 6.16. The first-order valence-corrected chi connectivity index (χ1v) is 10.7. The first-order valence-electron chi connectivity index (χ1n) is 10.7. The zero-order valence-corrected chi connectivity index (χ0v) is 18.6. The van der Waals surface area contributed by atoms with E-state index < -0.39 is 17.7 Å². The smallest absolute Gasteiger partial charge is 0.131 e. The lowest BCUT2D eigenvalue weighted by Crippen LogP contribution is -2.32. The molecule has 0 aliphatic carbocycles. The van der Waals surface area contributed by atoms with Gasteiger partial charge in [-0.1, -0.05) is 24.3 Å². The number of methoxy groups -OCH3 is 1. The fourth-order valence-corrected chi connectivity index (χ4v) is 4.99. The van der Waals surface area contributed by atoms with Crippen LogP contribution < -0.4 is 14.8 Å². The van der Waals surface area contributed by atoms with Gasteiger partial charge in [0.05, 0.1) is 18.2 Å². The van der Waals surface area contributed by atoms with Gasteiger partial charge in [0.2, 0.25) is 0 Å². The van der Waals surface area contributed by atoms with E-state index in [1.54, 1.807) is 7.11 Å². The summed E-state index contributed by atoms with van der Waals surface area (Å²) < 4.78 is 40.2. The van der Waals surface area contributed by atoms with Gasteiger partial charge >= 0.3 is 0 Å². The number of rotatable bonds is 3. The summed E-state index contributed by atoms with van der Waals surface area (Å²) in [6.45, 7) is 6.34. The molecule has 3 nitrogen and oxygen atoms in total. The van der Waals surface area contributed by atoms with Gasteiger partial charge in [-0.3, -0.25) is 0 Å². The fraction of sp³-hybridized carbons (Fsp3) is 0.259. The molecular formula is C27H25F2NO2. The van der Waals surface area contributed by atoms with Crippen molar-refractivity contribution in [2.45, 2.75) is 38.8 Å². The molecule has 0 amide bonds. The van der Waals surface area contributed by atoms with Crippen molar-refractivity contribution in [2.24, 2.45) is 0 Å². The number of fused-ring (bicyclic) bond motifs is 5. The molecule has 2 aliphatic heterocycles. The average Bonchev–Trinajstić information content (AvgIpc) is 2.73. The minimum Gasteiger partial charge on any atom is -0.496 e. The predicted molar refractivity (Wildman–Crippen MR) is 123 cm³/mol. The Morgan fingerprint density at radius 3 is 2.62 bits per heavy atom. The highest BCUT2D eigenvalue weighted by molar-refractivity contribution is 5.91. The van der Waals surface area contributed by atoms with Crippen molar-refractivity contribution < 1.29 is 18.3 Å². The maximum absolute atomic E-state index is 14.6. The van der Waals surface area contributed by atoms with Crippen LogP contribution in [0.5, 0.6) is 11.5 Å². The second-order valence-electron chi connectivity index (χ2n) is 9.00. The van der Waals surface area contributed by atoms with Gasteiger partial charge in [0, 0.05) is 29.3 Å². The molecule has 0 bridgehead atoms. The van der Waals surface area contributed by atoms with E-state index in [2.05, 4.69) is 44.3 Å². The zero-order valence-electron chi connectivity index (χ0n) is 18.6. The molecule has 5 rings (SSSR count). The van der Waals surface area contributed by atoms with Crippen LogP contribution in [0.1, 0.15) is 43.6 Å². The van der Waals surface area contributed by atoms with Crippen LogP contribution in [0.2, 0.25) is 0 Å². The van der Waals surface area contributed by atoms with E-state index in [4.69, 9.17) is 9.47 Å². The van der Waals surface area contributed by atoms with Gasteiger partial charge in [-0.15, -0.1) is 0 Å². The third kappa shape index (κ3) is 3.32. The summed E-state index contributed by atoms with van der Waals surface area (Å²) in [5, 5.41) is 3.59. The third-order valence-corrected chi connectivity index (χ3v) is 6.16. The summed E-state index contributed by atoms with van der Waals surface area (Å²) in [7, 11) is 1.64. The molecule has 2 aliphatic rings. The summed E-state index contributed by atoms with van der Waals surface area (Å²) in [6, 6.07) is 13.6. The number of nitrogens with one attached hydrogen (secondary N) is 1. The Morgan fingerprint density at radius 2 is 1.88 bits per heavy atom. The lowest BCUT2D eigenvalue weighted by atomic mass is 9.80. The lowest BCUT2D eigenvalue weighted by molar-refractivity contribution is 0.200. The van der Waals surface area contributed by atoms with Crippen molar-refractivity contribution in [1.82, 2.24) is 0 Å². The number of hydrogen-bond acceptors (Lipinski definition) is 3. The molecule has 3 aromatic carbocycles. The van der Waals surface area contributed by atoms with E-state index in [0.717, 1.165) is 45.3 Å². The summed E-state index contributed by atoms with van der Waals surface area (Å²) >= 11 is 0. The van der Waals surface area contributed by atoms with Crippen LogP contribution in [-0.4, -0.2) is 12.6 Å². The topological polar surface area (TPSA) is 30.5 Å². The van der Waals surface area contributed by atoms with E-state index in [9.17, 15) is 8.78 Å². The Bertz CT molecular complexity index is 1260. The number of halogens is 2. The zero-order chi connectivity index (χ0) is 22.6. The largest absolute Gasteiger partial charge is 0.496 e. The molecule has 0 saturated carbocycles. The molecule has 5 heteroatoms. The standard InChI is InChI=1S/C27H25F2NO2/c1-15-14-27(2,3)30-20-11-10-18-25-21(31-4)6-5-7-22(25)32-23(26(18)24(15)20)12-16-8-9-17(28)13-19(16)29/h5-11,13-14,23,30H,12H2,1-4H3. The van der Waals surface area contributed by atoms with E-state index in [0.29, 0.717) is 11.3 Å². The quantitative estimate of drug-likeness (QED) is 0.486. The SMILES string of the molecule is COc1cccc2c1-c1ccc3c(c1C(Cc1ccc(F)cc1F)O2)C(C)=CC(C)(C)N3. The first-order chi connectivity index (χ1) is 15.3. The van der Waals surface area contributed by atoms with Crippen LogP contribution in [0.25, 0.3) is 16.7 Å². The van der Waals surface area contributed by atoms with Crippen LogP contribution in [0.4, 0.5) is 14.5 Å². The van der Waals surface area contributed by atoms with Crippen molar-refractivity contribution in [3.63, 3.8) is 0 Å². The van der Waals surface area contributed by atoms with Crippen LogP contribution in [0, 0.1) is 11.6 Å². The maximum Gasteiger partial charge on any atom is 0.131 e. The molecule has 0 radical (unpaired) electrons. The summed E-state index contributed by atoms with van der Waals surface area (Å²) in [4.78, 5) is 0. The van der Waals surface area contributed by atoms with E-state index in [1.165, 1.54) is 12.1 Å². The van der Waals surface area contributed by atoms with E-state index in [-0.39, 0.29) is 12.0 Å². The molecule has 1 N–H and O–H groups in total. The molecule has 1 unspecified atom stereocenters. The van der Waals surface area contributed by atoms with Crippen molar-refractivity contribution in [3.05, 3.63) is 82.9 Å². The lowest BCUT2D eigenvalue weighted by Gasteiger charge is -2.37. The minimum absolute atomic E-state index is 0.186. The molecule has 0 saturated heterocycles. The van der Waals surface area contributed by atoms with Gasteiger partial charge in [0.15, 0.2) is 0 Å². The van der Waals surface area contributed by atoms with Gasteiger partial charge in [-0.25, -0.2) is 8.78 Å². The second-order valence-corrected chi connectivity index (χ2v) is 9.00. The predicted octanol–water partition coefficient (Wildman–Crippen LogP) is 6.92. The van der Waals surface area contributed by atoms with Crippen LogP contribution >= 0.6 is 0 Å². The highest BCUT2D eigenvalue weighted by Gasteiger charge is 2.35. The van der Waals surface area contributed by atoms with E-state index >= 15 is 0 Å². The Labute approximate surface area is 186 Å². The number of ether oxygens (including phenoxy) is 2. The van der Waals surface area contributed by atoms with Crippen molar-refractivity contribution >= 4 is 11.3 Å². The summed E-state index contributed by atoms with van der Waals surface area (Å²) in [5.74, 6) is 0.257. The summed E-state index contributed by atoms with van der Waals surface area (Å²) in [6.07, 6.45) is 2.04. The number of anilines is 1. The van der Waals surface area contributed by atoms with Crippen LogP contribution in [0.15, 0.2) is 54.6 Å². The highest BCUT2D eigenvalue weighted by atomic mass is 19.1. The molecule has 2 heterocycles. The normalized spacial score (nSPS) is 17.8. The van der Waals surface area contributed by atoms with Gasteiger partial charge < -0.3 is 14.8 Å². The van der Waals surface area contributed by atoms with Crippen molar-refractivity contribution in [2.75, 3.05) is 12.4 Å². The molecule has 0 fully saturated rings. The Morgan fingerprint density at radius 1 is 1.06 bits per heavy atom. The Kier molecular flexibility index (Phi) is 4.73. The highest BCUT2D eigenvalue weighted by Crippen LogP contribution is 2.52. The molecule has 1 atom stereocenters. The minimum atomic E-state index is -0.589. The molecular weight excluding hydrogens is 408 g/mol. The van der Waals surface area contributed by atoms with Crippen LogP contribution in [0.3, 0.4) is 0 Å². The first kappa shape index (κ1) is 20.6. The van der Waals surface area contributed by atoms with Gasteiger partial charge in [0.1, 0.15) is 29.2 Å². The van der Waals surface area contributed by atoms with Crippen molar-refractivity contribution in [3.8, 4) is 22.6 Å². The monoisotopic (exact) mass is 433 g/mol. The number of hydrogen-bond donors (Lipinski definition) is 1. The summed E-state index contributed by atoms with van der Waals surface area (Å²) in [5.41, 5.74) is 6.32. The molecule has 164 valence electrons. The van der Waals surface area contributed by atoms with Crippen molar-refractivity contribution in [1.29, 1.82) is 0 Å². The average molecular weight is 433 g/mol. The van der Waals surface area contributed by atoms with Crippen LogP contribution in [-0.2, 0) is 6.42 Å². The van der Waals surface area contributed by atoms with E-state index in [1.807, 2.05) is 18.2 Å². The number of allylic oxidation sites excluding steroid dienone is 1. The molecule has 3 aromatic rings. The van der Waals surface area contributed by atoms with Gasteiger partial charge in [-0.05, 0) is 61.7 Å². The Hall–Kier alpha value is -3.34. The molecule has 0 aromatic heterocycles.